The summed E-state index contributed by atoms with van der Waals surface area (Å²) < 4.78 is 0.948. The number of carboxylic acid groups (broad SMARTS) is 1. The van der Waals surface area contributed by atoms with E-state index < -0.39 is 5.97 Å². The maximum atomic E-state index is 11.0. The number of hydrogen-bond donors (Lipinski definition) is 1. The van der Waals surface area contributed by atoms with Gasteiger partial charge in [-0.15, -0.1) is 11.3 Å². The van der Waals surface area contributed by atoms with E-state index in [-0.39, 0.29) is 12.3 Å². The fraction of sp³-hybridized carbons (Fsp3) is 0.231. The van der Waals surface area contributed by atoms with E-state index in [1.54, 1.807) is 17.5 Å². The number of halogens is 1. The maximum Gasteiger partial charge on any atom is 0.304 e. The highest BCUT2D eigenvalue weighted by Gasteiger charge is 2.20. The number of carbonyl (C=O) groups is 1. The first-order valence-electron chi connectivity index (χ1n) is 5.46. The molecule has 0 amide bonds. The molecule has 1 aromatic heterocycles. The van der Waals surface area contributed by atoms with E-state index in [1.807, 2.05) is 31.2 Å². The number of hydrogen-bond acceptors (Lipinski definition) is 3. The van der Waals surface area contributed by atoms with Crippen molar-refractivity contribution >= 4 is 33.2 Å². The summed E-state index contributed by atoms with van der Waals surface area (Å²) in [6.45, 7) is 1.97. The van der Waals surface area contributed by atoms with E-state index in [2.05, 4.69) is 20.9 Å². The van der Waals surface area contributed by atoms with Crippen LogP contribution >= 0.6 is 27.3 Å². The molecule has 5 heteroatoms. The van der Waals surface area contributed by atoms with Gasteiger partial charge >= 0.3 is 5.97 Å². The van der Waals surface area contributed by atoms with Gasteiger partial charge in [0.25, 0.3) is 0 Å². The number of thiazole rings is 1. The average Bonchev–Trinajstić information content (AvgIpc) is 2.72. The Bertz CT molecular complexity index is 568. The molecule has 0 aliphatic rings. The monoisotopic (exact) mass is 325 g/mol. The molecule has 3 nitrogen and oxygen atoms in total. The van der Waals surface area contributed by atoms with Crippen molar-refractivity contribution in [3.63, 3.8) is 0 Å². The van der Waals surface area contributed by atoms with E-state index in [9.17, 15) is 4.79 Å². The van der Waals surface area contributed by atoms with Gasteiger partial charge in [-0.1, -0.05) is 28.1 Å². The van der Waals surface area contributed by atoms with E-state index in [0.29, 0.717) is 0 Å². The molecule has 1 aromatic carbocycles. The van der Waals surface area contributed by atoms with Gasteiger partial charge in [-0.3, -0.25) is 4.79 Å². The van der Waals surface area contributed by atoms with Crippen LogP contribution in [-0.4, -0.2) is 16.1 Å². The number of aromatic nitrogens is 1. The quantitative estimate of drug-likeness (QED) is 0.929. The summed E-state index contributed by atoms with van der Waals surface area (Å²) in [5.41, 5.74) is 0.973. The third-order valence-corrected chi connectivity index (χ3v) is 4.09. The standard InChI is InChI=1S/C13H12BrNO2S/c1-8-7-15-13(18-8)11(6-12(16)17)9-3-2-4-10(14)5-9/h2-5,7,11H,6H2,1H3,(H,16,17). The molecular weight excluding hydrogens is 314 g/mol. The lowest BCUT2D eigenvalue weighted by molar-refractivity contribution is -0.137. The first kappa shape index (κ1) is 13.2. The lowest BCUT2D eigenvalue weighted by Crippen LogP contribution is -2.07. The number of aliphatic carboxylic acids is 1. The Labute approximate surface area is 118 Å². The zero-order chi connectivity index (χ0) is 13.1. The van der Waals surface area contributed by atoms with Crippen LogP contribution in [0.2, 0.25) is 0 Å². The van der Waals surface area contributed by atoms with E-state index in [0.717, 1.165) is 19.9 Å². The second-order valence-corrected chi connectivity index (χ2v) is 6.20. The summed E-state index contributed by atoms with van der Waals surface area (Å²) in [7, 11) is 0. The van der Waals surface area contributed by atoms with E-state index >= 15 is 0 Å². The minimum Gasteiger partial charge on any atom is -0.481 e. The number of rotatable bonds is 4. The van der Waals surface area contributed by atoms with Crippen molar-refractivity contribution in [3.8, 4) is 0 Å². The predicted octanol–water partition coefficient (Wildman–Crippen LogP) is 3.82. The minimum absolute atomic E-state index is 0.0589. The highest BCUT2D eigenvalue weighted by Crippen LogP contribution is 2.32. The second kappa shape index (κ2) is 5.63. The number of nitrogens with zero attached hydrogens (tertiary/aromatic N) is 1. The molecule has 0 radical (unpaired) electrons. The average molecular weight is 326 g/mol. The number of benzene rings is 1. The Morgan fingerprint density at radius 3 is 2.89 bits per heavy atom. The predicted molar refractivity (Wildman–Crippen MR) is 75.1 cm³/mol. The third-order valence-electron chi connectivity index (χ3n) is 2.57. The summed E-state index contributed by atoms with van der Waals surface area (Å²) in [6.07, 6.45) is 1.84. The van der Waals surface area contributed by atoms with Gasteiger partial charge in [-0.05, 0) is 24.6 Å². The molecule has 0 saturated heterocycles. The van der Waals surface area contributed by atoms with Crippen molar-refractivity contribution in [2.24, 2.45) is 0 Å². The normalized spacial score (nSPS) is 12.3. The summed E-state index contributed by atoms with van der Waals surface area (Å²) >= 11 is 4.96. The SMILES string of the molecule is Cc1cnc(C(CC(=O)O)c2cccc(Br)c2)s1. The van der Waals surface area contributed by atoms with Crippen molar-refractivity contribution in [1.29, 1.82) is 0 Å². The Hall–Kier alpha value is -1.20. The Balaban J connectivity index is 2.39. The van der Waals surface area contributed by atoms with E-state index in [1.165, 1.54) is 0 Å². The Kier molecular flexibility index (Phi) is 4.14. The van der Waals surface area contributed by atoms with Crippen LogP contribution in [0.1, 0.15) is 27.8 Å². The van der Waals surface area contributed by atoms with Crippen LogP contribution in [0.5, 0.6) is 0 Å². The molecule has 1 N–H and O–H groups in total. The maximum absolute atomic E-state index is 11.0. The molecule has 0 aliphatic heterocycles. The van der Waals surface area contributed by atoms with Crippen molar-refractivity contribution in [1.82, 2.24) is 4.98 Å². The molecule has 0 spiro atoms. The molecule has 0 aliphatic carbocycles. The van der Waals surface area contributed by atoms with Crippen LogP contribution < -0.4 is 0 Å². The molecule has 94 valence electrons. The van der Waals surface area contributed by atoms with Gasteiger partial charge in [0.15, 0.2) is 0 Å². The fourth-order valence-electron chi connectivity index (χ4n) is 1.78. The molecule has 1 heterocycles. The molecule has 2 aromatic rings. The van der Waals surface area contributed by atoms with Crippen LogP contribution in [0.15, 0.2) is 34.9 Å². The lowest BCUT2D eigenvalue weighted by Gasteiger charge is -2.12. The number of carboxylic acids is 1. The zero-order valence-corrected chi connectivity index (χ0v) is 12.2. The van der Waals surface area contributed by atoms with Crippen LogP contribution in [0.4, 0.5) is 0 Å². The first-order valence-corrected chi connectivity index (χ1v) is 7.07. The van der Waals surface area contributed by atoms with Gasteiger partial charge in [-0.25, -0.2) is 4.98 Å². The number of aryl methyl sites for hydroxylation is 1. The second-order valence-electron chi connectivity index (χ2n) is 4.01. The van der Waals surface area contributed by atoms with Gasteiger partial charge in [0, 0.05) is 21.5 Å². The van der Waals surface area contributed by atoms with Crippen molar-refractivity contribution < 1.29 is 9.90 Å². The van der Waals surface area contributed by atoms with Gasteiger partial charge in [0.05, 0.1) is 6.42 Å². The molecule has 0 bridgehead atoms. The summed E-state index contributed by atoms with van der Waals surface area (Å²) in [4.78, 5) is 16.4. The summed E-state index contributed by atoms with van der Waals surface area (Å²) in [6, 6.07) is 7.72. The van der Waals surface area contributed by atoms with Crippen molar-refractivity contribution in [2.45, 2.75) is 19.3 Å². The van der Waals surface area contributed by atoms with Gasteiger partial charge in [0.2, 0.25) is 0 Å². The summed E-state index contributed by atoms with van der Waals surface area (Å²) in [5.74, 6) is -0.994. The first-order chi connectivity index (χ1) is 8.56. The minimum atomic E-state index is -0.812. The molecule has 18 heavy (non-hydrogen) atoms. The van der Waals surface area contributed by atoms with Gasteiger partial charge in [-0.2, -0.15) is 0 Å². The Morgan fingerprint density at radius 1 is 1.56 bits per heavy atom. The van der Waals surface area contributed by atoms with Crippen LogP contribution in [-0.2, 0) is 4.79 Å². The van der Waals surface area contributed by atoms with Crippen molar-refractivity contribution in [2.75, 3.05) is 0 Å². The topological polar surface area (TPSA) is 50.2 Å². The lowest BCUT2D eigenvalue weighted by atomic mass is 9.96. The molecule has 0 fully saturated rings. The van der Waals surface area contributed by atoms with Crippen molar-refractivity contribution in [3.05, 3.63) is 50.4 Å². The largest absolute Gasteiger partial charge is 0.481 e. The molecule has 2 rings (SSSR count). The Morgan fingerprint density at radius 2 is 2.33 bits per heavy atom. The van der Waals surface area contributed by atoms with Crippen LogP contribution in [0, 0.1) is 6.92 Å². The van der Waals surface area contributed by atoms with Crippen LogP contribution in [0.25, 0.3) is 0 Å². The highest BCUT2D eigenvalue weighted by molar-refractivity contribution is 9.10. The summed E-state index contributed by atoms with van der Waals surface area (Å²) in [5, 5.41) is 9.90. The van der Waals surface area contributed by atoms with E-state index in [4.69, 9.17) is 5.11 Å². The zero-order valence-electron chi connectivity index (χ0n) is 9.76. The third kappa shape index (κ3) is 3.17. The smallest absolute Gasteiger partial charge is 0.304 e. The molecule has 0 saturated carbocycles. The fourth-order valence-corrected chi connectivity index (χ4v) is 3.10. The van der Waals surface area contributed by atoms with Gasteiger partial charge < -0.3 is 5.11 Å². The molecular formula is C13H12BrNO2S. The van der Waals surface area contributed by atoms with Gasteiger partial charge in [0.1, 0.15) is 5.01 Å². The van der Waals surface area contributed by atoms with Crippen LogP contribution in [0.3, 0.4) is 0 Å². The molecule has 1 atom stereocenters. The highest BCUT2D eigenvalue weighted by atomic mass is 79.9. The molecule has 1 unspecified atom stereocenters.